The molecule has 1 N–H and O–H groups in total. The Morgan fingerprint density at radius 2 is 2.17 bits per heavy atom. The number of hydrogen-bond donors (Lipinski definition) is 1. The first-order chi connectivity index (χ1) is 11.7. The number of aromatic nitrogens is 2. The first-order valence-electron chi connectivity index (χ1n) is 8.51. The summed E-state index contributed by atoms with van der Waals surface area (Å²) in [5.74, 6) is 1.50. The predicted octanol–water partition coefficient (Wildman–Crippen LogP) is 2.38. The van der Waals surface area contributed by atoms with Crippen LogP contribution in [0.1, 0.15) is 31.2 Å². The third-order valence-electron chi connectivity index (χ3n) is 4.27. The van der Waals surface area contributed by atoms with Crippen LogP contribution in [0, 0.1) is 5.92 Å². The molecule has 1 saturated heterocycles. The lowest BCUT2D eigenvalue weighted by Gasteiger charge is -2.08. The van der Waals surface area contributed by atoms with Crippen LogP contribution in [0.2, 0.25) is 0 Å². The molecule has 1 fully saturated rings. The van der Waals surface area contributed by atoms with Crippen molar-refractivity contribution >= 4 is 5.91 Å². The number of nitrogens with zero attached hydrogens (tertiary/aromatic N) is 2. The van der Waals surface area contributed by atoms with Gasteiger partial charge in [-0.05, 0) is 18.4 Å². The van der Waals surface area contributed by atoms with E-state index >= 15 is 0 Å². The van der Waals surface area contributed by atoms with E-state index in [1.54, 1.807) is 0 Å². The van der Waals surface area contributed by atoms with Crippen molar-refractivity contribution in [3.8, 4) is 11.4 Å². The van der Waals surface area contributed by atoms with Crippen LogP contribution in [0.25, 0.3) is 11.4 Å². The second-order valence-electron chi connectivity index (χ2n) is 6.10. The largest absolute Gasteiger partial charge is 0.381 e. The highest BCUT2D eigenvalue weighted by Gasteiger charge is 2.16. The zero-order valence-corrected chi connectivity index (χ0v) is 14.0. The van der Waals surface area contributed by atoms with E-state index < -0.39 is 0 Å². The molecule has 0 bridgehead atoms. The van der Waals surface area contributed by atoms with Gasteiger partial charge in [0.05, 0.1) is 6.61 Å². The molecule has 0 saturated carbocycles. The summed E-state index contributed by atoms with van der Waals surface area (Å²) in [5.41, 5.74) is 2.19. The fourth-order valence-corrected chi connectivity index (χ4v) is 2.67. The smallest absolute Gasteiger partial charge is 0.227 e. The Balaban J connectivity index is 1.47. The van der Waals surface area contributed by atoms with Gasteiger partial charge in [-0.3, -0.25) is 4.79 Å². The molecule has 0 unspecified atom stereocenters. The SMILES string of the molecule is CCc1ccc(-c2noc(CCC(=O)NC[C@@H]3CCOC3)n2)cc1. The zero-order chi connectivity index (χ0) is 16.8. The molecule has 0 aliphatic carbocycles. The highest BCUT2D eigenvalue weighted by atomic mass is 16.5. The summed E-state index contributed by atoms with van der Waals surface area (Å²) in [6.07, 6.45) is 2.82. The molecule has 1 aliphatic heterocycles. The average Bonchev–Trinajstić information content (AvgIpc) is 3.30. The highest BCUT2D eigenvalue weighted by molar-refractivity contribution is 5.76. The number of carbonyl (C=O) groups excluding carboxylic acids is 1. The van der Waals surface area contributed by atoms with Crippen molar-refractivity contribution in [2.24, 2.45) is 5.92 Å². The van der Waals surface area contributed by atoms with E-state index in [4.69, 9.17) is 9.26 Å². The first-order valence-corrected chi connectivity index (χ1v) is 8.51. The second kappa shape index (κ2) is 8.06. The van der Waals surface area contributed by atoms with E-state index in [1.807, 2.05) is 12.1 Å². The number of hydrogen-bond acceptors (Lipinski definition) is 5. The van der Waals surface area contributed by atoms with Crippen LogP contribution in [0.15, 0.2) is 28.8 Å². The molecule has 0 spiro atoms. The molecule has 128 valence electrons. The van der Waals surface area contributed by atoms with E-state index in [9.17, 15) is 4.79 Å². The van der Waals surface area contributed by atoms with E-state index in [0.717, 1.165) is 31.6 Å². The molecule has 1 aromatic carbocycles. The molecule has 1 amide bonds. The Morgan fingerprint density at radius 1 is 1.33 bits per heavy atom. The topological polar surface area (TPSA) is 77.2 Å². The van der Waals surface area contributed by atoms with Gasteiger partial charge >= 0.3 is 0 Å². The van der Waals surface area contributed by atoms with Gasteiger partial charge in [-0.1, -0.05) is 36.3 Å². The molecular formula is C18H23N3O3. The van der Waals surface area contributed by atoms with Crippen LogP contribution in [-0.4, -0.2) is 35.8 Å². The van der Waals surface area contributed by atoms with Gasteiger partial charge in [-0.2, -0.15) is 4.98 Å². The number of ether oxygens (including phenoxy) is 1. The highest BCUT2D eigenvalue weighted by Crippen LogP contribution is 2.17. The molecule has 6 heteroatoms. The van der Waals surface area contributed by atoms with Crippen molar-refractivity contribution in [1.82, 2.24) is 15.5 Å². The van der Waals surface area contributed by atoms with Gasteiger partial charge in [-0.25, -0.2) is 0 Å². The maximum Gasteiger partial charge on any atom is 0.227 e. The second-order valence-corrected chi connectivity index (χ2v) is 6.10. The average molecular weight is 329 g/mol. The number of amides is 1. The number of aryl methyl sites for hydroxylation is 2. The summed E-state index contributed by atoms with van der Waals surface area (Å²) in [4.78, 5) is 16.2. The molecule has 0 radical (unpaired) electrons. The third kappa shape index (κ3) is 4.41. The van der Waals surface area contributed by atoms with Gasteiger partial charge in [0.2, 0.25) is 17.6 Å². The summed E-state index contributed by atoms with van der Waals surface area (Å²) in [6, 6.07) is 8.10. The molecule has 1 aliphatic rings. The van der Waals surface area contributed by atoms with Crippen molar-refractivity contribution in [2.75, 3.05) is 19.8 Å². The van der Waals surface area contributed by atoms with Gasteiger partial charge in [0.15, 0.2) is 0 Å². The van der Waals surface area contributed by atoms with E-state index in [0.29, 0.717) is 37.0 Å². The molecule has 1 aromatic heterocycles. The standard InChI is InChI=1S/C18H23N3O3/c1-2-13-3-5-15(6-4-13)18-20-17(24-21-18)8-7-16(22)19-11-14-9-10-23-12-14/h3-6,14H,2,7-12H2,1H3,(H,19,22)/t14-/m0/s1. The van der Waals surface area contributed by atoms with E-state index in [-0.39, 0.29) is 5.91 Å². The van der Waals surface area contributed by atoms with E-state index in [2.05, 4.69) is 34.5 Å². The Hall–Kier alpha value is -2.21. The van der Waals surface area contributed by atoms with Crippen LogP contribution < -0.4 is 5.32 Å². The van der Waals surface area contributed by atoms with Crippen LogP contribution in [0.5, 0.6) is 0 Å². The number of rotatable bonds is 7. The van der Waals surface area contributed by atoms with Crippen molar-refractivity contribution < 1.29 is 14.1 Å². The Labute approximate surface area is 141 Å². The van der Waals surface area contributed by atoms with Crippen LogP contribution in [0.3, 0.4) is 0 Å². The van der Waals surface area contributed by atoms with Gasteiger partial charge in [-0.15, -0.1) is 0 Å². The Morgan fingerprint density at radius 3 is 2.88 bits per heavy atom. The van der Waals surface area contributed by atoms with Crippen molar-refractivity contribution in [2.45, 2.75) is 32.6 Å². The fourth-order valence-electron chi connectivity index (χ4n) is 2.67. The van der Waals surface area contributed by atoms with Crippen molar-refractivity contribution in [3.63, 3.8) is 0 Å². The molecule has 2 aromatic rings. The maximum atomic E-state index is 11.9. The quantitative estimate of drug-likeness (QED) is 0.844. The summed E-state index contributed by atoms with van der Waals surface area (Å²) >= 11 is 0. The number of nitrogens with one attached hydrogen (secondary N) is 1. The predicted molar refractivity (Wildman–Crippen MR) is 89.4 cm³/mol. The lowest BCUT2D eigenvalue weighted by molar-refractivity contribution is -0.121. The van der Waals surface area contributed by atoms with Gasteiger partial charge in [0, 0.05) is 37.5 Å². The number of benzene rings is 1. The van der Waals surface area contributed by atoms with Crippen LogP contribution in [-0.2, 0) is 22.4 Å². The Kier molecular flexibility index (Phi) is 5.59. The van der Waals surface area contributed by atoms with Crippen LogP contribution in [0.4, 0.5) is 0 Å². The lowest BCUT2D eigenvalue weighted by atomic mass is 10.1. The summed E-state index contributed by atoms with van der Waals surface area (Å²) in [7, 11) is 0. The Bertz CT molecular complexity index is 660. The first kappa shape index (κ1) is 16.6. The van der Waals surface area contributed by atoms with Gasteiger partial charge in [0.1, 0.15) is 0 Å². The lowest BCUT2D eigenvalue weighted by Crippen LogP contribution is -2.29. The minimum atomic E-state index is 0.00829. The zero-order valence-electron chi connectivity index (χ0n) is 14.0. The monoisotopic (exact) mass is 329 g/mol. The number of carbonyl (C=O) groups is 1. The minimum Gasteiger partial charge on any atom is -0.381 e. The summed E-state index contributed by atoms with van der Waals surface area (Å²) in [5, 5.41) is 6.93. The molecule has 1 atom stereocenters. The van der Waals surface area contributed by atoms with Crippen LogP contribution >= 0.6 is 0 Å². The molecule has 24 heavy (non-hydrogen) atoms. The fraction of sp³-hybridized carbons (Fsp3) is 0.500. The van der Waals surface area contributed by atoms with Crippen molar-refractivity contribution in [3.05, 3.63) is 35.7 Å². The molecule has 6 nitrogen and oxygen atoms in total. The van der Waals surface area contributed by atoms with Crippen molar-refractivity contribution in [1.29, 1.82) is 0 Å². The molecular weight excluding hydrogens is 306 g/mol. The normalized spacial score (nSPS) is 17.1. The van der Waals surface area contributed by atoms with E-state index in [1.165, 1.54) is 5.56 Å². The summed E-state index contributed by atoms with van der Waals surface area (Å²) < 4.78 is 10.5. The third-order valence-corrected chi connectivity index (χ3v) is 4.27. The molecule has 2 heterocycles. The minimum absolute atomic E-state index is 0.00829. The summed E-state index contributed by atoms with van der Waals surface area (Å²) in [6.45, 7) is 4.33. The van der Waals surface area contributed by atoms with Gasteiger partial charge in [0.25, 0.3) is 0 Å². The van der Waals surface area contributed by atoms with Gasteiger partial charge < -0.3 is 14.6 Å². The maximum absolute atomic E-state index is 11.9. The molecule has 3 rings (SSSR count).